The van der Waals surface area contributed by atoms with Crippen LogP contribution in [0.3, 0.4) is 0 Å². The van der Waals surface area contributed by atoms with E-state index in [1.807, 2.05) is 31.2 Å². The van der Waals surface area contributed by atoms with Crippen LogP contribution < -0.4 is 5.32 Å². The van der Waals surface area contributed by atoms with E-state index in [2.05, 4.69) is 51.2 Å². The van der Waals surface area contributed by atoms with Crippen LogP contribution in [0, 0.1) is 5.41 Å². The first-order valence-corrected chi connectivity index (χ1v) is 8.92. The van der Waals surface area contributed by atoms with Crippen LogP contribution >= 0.6 is 0 Å². The van der Waals surface area contributed by atoms with Crippen LogP contribution in [0.2, 0.25) is 0 Å². The van der Waals surface area contributed by atoms with Gasteiger partial charge in [-0.25, -0.2) is 4.98 Å². The van der Waals surface area contributed by atoms with Crippen molar-refractivity contribution < 1.29 is 4.79 Å². The van der Waals surface area contributed by atoms with Crippen LogP contribution in [0.1, 0.15) is 38.3 Å². The summed E-state index contributed by atoms with van der Waals surface area (Å²) in [6.45, 7) is 8.27. The molecule has 0 bridgehead atoms. The Kier molecular flexibility index (Phi) is 3.95. The lowest BCUT2D eigenvalue weighted by Crippen LogP contribution is -2.41. The molecule has 0 fully saturated rings. The molecule has 27 heavy (non-hydrogen) atoms. The molecule has 0 aliphatic carbocycles. The van der Waals surface area contributed by atoms with Gasteiger partial charge in [0.15, 0.2) is 5.82 Å². The van der Waals surface area contributed by atoms with Gasteiger partial charge in [0.25, 0.3) is 5.91 Å². The smallest absolute Gasteiger partial charge is 0.287 e. The van der Waals surface area contributed by atoms with E-state index in [0.717, 1.165) is 33.2 Å². The minimum atomic E-state index is -0.204. The van der Waals surface area contributed by atoms with Gasteiger partial charge < -0.3 is 10.3 Å². The second-order valence-corrected chi connectivity index (χ2v) is 7.87. The van der Waals surface area contributed by atoms with Crippen molar-refractivity contribution in [1.82, 2.24) is 30.5 Å². The Bertz CT molecular complexity index is 1120. The minimum Gasteiger partial charge on any atom is -0.346 e. The third-order valence-electron chi connectivity index (χ3n) is 4.98. The zero-order chi connectivity index (χ0) is 19.2. The van der Waals surface area contributed by atoms with Gasteiger partial charge in [0.2, 0.25) is 0 Å². The number of benzene rings is 1. The van der Waals surface area contributed by atoms with Crippen LogP contribution in [0.5, 0.6) is 0 Å². The number of aromatic nitrogens is 5. The van der Waals surface area contributed by atoms with E-state index in [1.165, 1.54) is 0 Å². The third kappa shape index (κ3) is 3.16. The molecule has 0 saturated heterocycles. The molecule has 1 atom stereocenters. The lowest BCUT2D eigenvalue weighted by Gasteiger charge is -2.27. The number of fused-ring (bicyclic) bond motifs is 2. The highest BCUT2D eigenvalue weighted by molar-refractivity contribution is 6.02. The van der Waals surface area contributed by atoms with Gasteiger partial charge in [0.05, 0.1) is 16.6 Å². The number of hydrogen-bond donors (Lipinski definition) is 3. The molecule has 1 amide bonds. The maximum Gasteiger partial charge on any atom is 0.287 e. The van der Waals surface area contributed by atoms with Crippen LogP contribution in [-0.2, 0) is 0 Å². The largest absolute Gasteiger partial charge is 0.346 e. The number of carbonyl (C=O) groups is 1. The first kappa shape index (κ1) is 17.2. The number of H-pyrrole nitrogens is 2. The highest BCUT2D eigenvalue weighted by atomic mass is 16.2. The van der Waals surface area contributed by atoms with Gasteiger partial charge in [-0.15, -0.1) is 0 Å². The summed E-state index contributed by atoms with van der Waals surface area (Å²) in [5.74, 6) is 0.108. The molecule has 138 valence electrons. The quantitative estimate of drug-likeness (QED) is 0.518. The molecule has 0 aliphatic rings. The van der Waals surface area contributed by atoms with Gasteiger partial charge in [0.1, 0.15) is 5.69 Å². The van der Waals surface area contributed by atoms with Gasteiger partial charge in [-0.1, -0.05) is 20.8 Å². The molecule has 0 saturated carbocycles. The monoisotopic (exact) mass is 362 g/mol. The highest BCUT2D eigenvalue weighted by Crippen LogP contribution is 2.29. The zero-order valence-corrected chi connectivity index (χ0v) is 15.8. The summed E-state index contributed by atoms with van der Waals surface area (Å²) in [6, 6.07) is 7.73. The summed E-state index contributed by atoms with van der Waals surface area (Å²) in [4.78, 5) is 24.2. The predicted octanol–water partition coefficient (Wildman–Crippen LogP) is 3.67. The molecule has 0 spiro atoms. The molecule has 7 heteroatoms. The highest BCUT2D eigenvalue weighted by Gasteiger charge is 2.23. The molecular weight excluding hydrogens is 340 g/mol. The topological polar surface area (TPSA) is 99.3 Å². The first-order valence-electron chi connectivity index (χ1n) is 8.92. The molecule has 3 aromatic heterocycles. The van der Waals surface area contributed by atoms with Crippen molar-refractivity contribution in [3.63, 3.8) is 0 Å². The average molecular weight is 362 g/mol. The lowest BCUT2D eigenvalue weighted by atomic mass is 9.88. The molecule has 3 heterocycles. The molecule has 3 N–H and O–H groups in total. The number of aromatic amines is 2. The molecule has 4 rings (SSSR count). The maximum atomic E-state index is 12.6. The molecule has 0 aliphatic heterocycles. The fourth-order valence-corrected chi connectivity index (χ4v) is 2.84. The summed E-state index contributed by atoms with van der Waals surface area (Å²) < 4.78 is 0. The van der Waals surface area contributed by atoms with Crippen LogP contribution in [0.15, 0.2) is 36.7 Å². The van der Waals surface area contributed by atoms with Gasteiger partial charge in [-0.2, -0.15) is 5.10 Å². The van der Waals surface area contributed by atoms with Crippen molar-refractivity contribution in [3.05, 3.63) is 42.5 Å². The lowest BCUT2D eigenvalue weighted by molar-refractivity contribution is 0.0901. The molecular formula is C20H22N6O. The fourth-order valence-electron chi connectivity index (χ4n) is 2.84. The third-order valence-corrected chi connectivity index (χ3v) is 4.98. The summed E-state index contributed by atoms with van der Waals surface area (Å²) in [6.07, 6.45) is 3.48. The van der Waals surface area contributed by atoms with E-state index in [9.17, 15) is 4.79 Å². The van der Waals surface area contributed by atoms with E-state index >= 15 is 0 Å². The van der Waals surface area contributed by atoms with Crippen LogP contribution in [0.4, 0.5) is 0 Å². The van der Waals surface area contributed by atoms with Crippen molar-refractivity contribution in [2.75, 3.05) is 0 Å². The minimum absolute atomic E-state index is 0.0234. The average Bonchev–Trinajstić information content (AvgIpc) is 3.22. The Balaban J connectivity index is 1.72. The van der Waals surface area contributed by atoms with Crippen LogP contribution in [-0.4, -0.2) is 37.1 Å². The van der Waals surface area contributed by atoms with Crippen molar-refractivity contribution in [2.24, 2.45) is 5.41 Å². The van der Waals surface area contributed by atoms with Crippen molar-refractivity contribution in [2.45, 2.75) is 33.7 Å². The second-order valence-electron chi connectivity index (χ2n) is 7.87. The summed E-state index contributed by atoms with van der Waals surface area (Å²) in [5.41, 5.74) is 4.19. The Morgan fingerprint density at radius 1 is 1.15 bits per heavy atom. The number of nitrogens with zero attached hydrogens (tertiary/aromatic N) is 3. The normalized spacial score (nSPS) is 13.2. The standard InChI is InChI=1S/C20H22N6O/c1-11(20(2,3)4)22-19(27)18-23-15-9-13-14(10-16(15)24-18)25-26-17(13)12-5-7-21-8-6-12/h5-11H,1-4H3,(H,22,27)(H,23,24)(H,25,26). The number of pyridine rings is 1. The first-order chi connectivity index (χ1) is 12.8. The number of rotatable bonds is 3. The summed E-state index contributed by atoms with van der Waals surface area (Å²) in [7, 11) is 0. The Labute approximate surface area is 156 Å². The zero-order valence-electron chi connectivity index (χ0n) is 15.8. The number of amides is 1. The summed E-state index contributed by atoms with van der Waals surface area (Å²) >= 11 is 0. The van der Waals surface area contributed by atoms with Crippen LogP contribution in [0.25, 0.3) is 33.2 Å². The number of imidazole rings is 1. The Hall–Kier alpha value is -3.22. The molecule has 0 radical (unpaired) electrons. The van der Waals surface area contributed by atoms with Crippen molar-refractivity contribution in [3.8, 4) is 11.3 Å². The van der Waals surface area contributed by atoms with E-state index in [4.69, 9.17) is 0 Å². The van der Waals surface area contributed by atoms with Crippen molar-refractivity contribution >= 4 is 27.8 Å². The van der Waals surface area contributed by atoms with Gasteiger partial charge in [-0.05, 0) is 36.6 Å². The predicted molar refractivity (Wildman–Crippen MR) is 105 cm³/mol. The maximum absolute atomic E-state index is 12.6. The molecule has 7 nitrogen and oxygen atoms in total. The number of hydrogen-bond acceptors (Lipinski definition) is 4. The molecule has 4 aromatic rings. The van der Waals surface area contributed by atoms with E-state index < -0.39 is 0 Å². The SMILES string of the molecule is CC(NC(=O)c1nc2cc3c(-c4ccncc4)n[nH]c3cc2[nH]1)C(C)(C)C. The van der Waals surface area contributed by atoms with E-state index in [0.29, 0.717) is 5.82 Å². The fraction of sp³-hybridized carbons (Fsp3) is 0.300. The number of nitrogens with one attached hydrogen (secondary N) is 3. The number of carbonyl (C=O) groups excluding carboxylic acids is 1. The molecule has 1 unspecified atom stereocenters. The van der Waals surface area contributed by atoms with Gasteiger partial charge in [-0.3, -0.25) is 14.9 Å². The van der Waals surface area contributed by atoms with Crippen molar-refractivity contribution in [1.29, 1.82) is 0 Å². The second kappa shape index (κ2) is 6.19. The van der Waals surface area contributed by atoms with E-state index in [-0.39, 0.29) is 17.4 Å². The van der Waals surface area contributed by atoms with E-state index in [1.54, 1.807) is 12.4 Å². The van der Waals surface area contributed by atoms with Gasteiger partial charge >= 0.3 is 0 Å². The van der Waals surface area contributed by atoms with Gasteiger partial charge in [0, 0.05) is 29.4 Å². The summed E-state index contributed by atoms with van der Waals surface area (Å²) in [5, 5.41) is 11.4. The Morgan fingerprint density at radius 2 is 1.89 bits per heavy atom. The Morgan fingerprint density at radius 3 is 2.59 bits per heavy atom. The molecule has 1 aromatic carbocycles.